The summed E-state index contributed by atoms with van der Waals surface area (Å²) in [5.74, 6) is 0. The zero-order valence-electron chi connectivity index (χ0n) is 24.9. The van der Waals surface area contributed by atoms with Crippen molar-refractivity contribution < 1.29 is 24.5 Å². The first-order valence-electron chi connectivity index (χ1n) is 13.8. The van der Waals surface area contributed by atoms with Crippen molar-refractivity contribution in [1.82, 2.24) is 9.97 Å². The number of thiophene rings is 1. The molecule has 3 nitrogen and oxygen atoms in total. The van der Waals surface area contributed by atoms with Crippen LogP contribution in [0.2, 0.25) is 0 Å². The van der Waals surface area contributed by atoms with Crippen molar-refractivity contribution in [2.45, 2.75) is 48.5 Å². The molecule has 0 bridgehead atoms. The fourth-order valence-electron chi connectivity index (χ4n) is 5.03. The van der Waals surface area contributed by atoms with Crippen LogP contribution in [0.4, 0.5) is 0 Å². The quantitative estimate of drug-likeness (QED) is 0.166. The van der Waals surface area contributed by atoms with E-state index in [2.05, 4.69) is 113 Å². The number of furan rings is 1. The summed E-state index contributed by atoms with van der Waals surface area (Å²) < 4.78 is 7.73. The van der Waals surface area contributed by atoms with Gasteiger partial charge in [-0.15, -0.1) is 64.9 Å². The summed E-state index contributed by atoms with van der Waals surface area (Å²) >= 11 is 1.83. The normalized spacial score (nSPS) is 11.0. The standard InChI is InChI=1S/C23H18NOS.C14H14N.Ir/c1-12-10-19(24-11-13(12)2)18-7-5-6-16-17-8-9-20-21(14(3)15(4)26-20)23(17)25-22(16)18;1-10-4-6-13(7-5-10)14-8-11(2)12(3)9-15-14;/h5-6,8-11H,1-4H3;4-6,8-9H,1-3H3;/q2*-1;. The third-order valence-corrected chi connectivity index (χ3v) is 9.15. The van der Waals surface area contributed by atoms with Gasteiger partial charge in [0.25, 0.3) is 0 Å². The molecule has 1 radical (unpaired) electrons. The predicted molar refractivity (Wildman–Crippen MR) is 173 cm³/mol. The topological polar surface area (TPSA) is 38.9 Å². The number of hydrogen-bond donors (Lipinski definition) is 0. The van der Waals surface area contributed by atoms with E-state index in [1.807, 2.05) is 35.9 Å². The minimum atomic E-state index is 0. The number of aromatic nitrogens is 2. The molecular weight excluding hydrogens is 713 g/mol. The maximum atomic E-state index is 6.45. The van der Waals surface area contributed by atoms with Crippen LogP contribution in [0.3, 0.4) is 0 Å². The van der Waals surface area contributed by atoms with E-state index in [0.29, 0.717) is 0 Å². The van der Waals surface area contributed by atoms with Crippen molar-refractivity contribution in [1.29, 1.82) is 0 Å². The van der Waals surface area contributed by atoms with Crippen molar-refractivity contribution >= 4 is 43.4 Å². The van der Waals surface area contributed by atoms with Crippen LogP contribution in [0.25, 0.3) is 54.5 Å². The van der Waals surface area contributed by atoms with E-state index >= 15 is 0 Å². The smallest absolute Gasteiger partial charge is 0.129 e. The van der Waals surface area contributed by atoms with Gasteiger partial charge < -0.3 is 14.4 Å². The summed E-state index contributed by atoms with van der Waals surface area (Å²) in [7, 11) is 0. The zero-order chi connectivity index (χ0) is 28.8. The molecule has 4 heterocycles. The van der Waals surface area contributed by atoms with E-state index in [4.69, 9.17) is 4.42 Å². The molecule has 0 aliphatic rings. The third-order valence-electron chi connectivity index (χ3n) is 7.97. The van der Waals surface area contributed by atoms with Crippen LogP contribution < -0.4 is 0 Å². The van der Waals surface area contributed by atoms with E-state index in [1.165, 1.54) is 48.3 Å². The predicted octanol–water partition coefficient (Wildman–Crippen LogP) is 10.4. The zero-order valence-corrected chi connectivity index (χ0v) is 28.1. The number of fused-ring (bicyclic) bond motifs is 5. The second-order valence-electron chi connectivity index (χ2n) is 10.9. The van der Waals surface area contributed by atoms with Gasteiger partial charge in [0, 0.05) is 52.8 Å². The molecule has 5 heteroatoms. The SMILES string of the molecule is Cc1c[c-]c(-c2cc(C)c(C)cn2)cc1.Cc1cnc(-c2[c-]ccc3c2oc2c3ccc3sc(C)c(C)c32)cc1C.[Ir]. The van der Waals surface area contributed by atoms with Crippen molar-refractivity contribution in [2.24, 2.45) is 0 Å². The maximum Gasteiger partial charge on any atom is 0.129 e. The Kier molecular flexibility index (Phi) is 8.48. The van der Waals surface area contributed by atoms with Gasteiger partial charge >= 0.3 is 0 Å². The van der Waals surface area contributed by atoms with Gasteiger partial charge in [0.2, 0.25) is 0 Å². The summed E-state index contributed by atoms with van der Waals surface area (Å²) in [6.07, 6.45) is 3.84. The van der Waals surface area contributed by atoms with E-state index in [1.54, 1.807) is 0 Å². The van der Waals surface area contributed by atoms with Crippen LogP contribution in [0.5, 0.6) is 0 Å². The molecule has 0 fully saturated rings. The largest absolute Gasteiger partial charge is 0.500 e. The van der Waals surface area contributed by atoms with Gasteiger partial charge in [-0.05, 0) is 75.7 Å². The second kappa shape index (κ2) is 11.9. The van der Waals surface area contributed by atoms with Gasteiger partial charge in [0.1, 0.15) is 5.58 Å². The molecule has 7 rings (SSSR count). The summed E-state index contributed by atoms with van der Waals surface area (Å²) in [5, 5.41) is 3.52. The first-order chi connectivity index (χ1) is 19.7. The van der Waals surface area contributed by atoms with Crippen LogP contribution in [0.1, 0.15) is 38.3 Å². The minimum Gasteiger partial charge on any atom is -0.500 e. The molecule has 0 saturated carbocycles. The van der Waals surface area contributed by atoms with E-state index in [9.17, 15) is 0 Å². The Labute approximate surface area is 265 Å². The number of hydrogen-bond acceptors (Lipinski definition) is 4. The number of benzene rings is 3. The Bertz CT molecular complexity index is 2070. The fraction of sp³-hybridized carbons (Fsp3) is 0.189. The van der Waals surface area contributed by atoms with Crippen molar-refractivity contribution in [2.75, 3.05) is 0 Å². The molecule has 0 unspecified atom stereocenters. The van der Waals surface area contributed by atoms with Gasteiger partial charge in [-0.1, -0.05) is 47.2 Å². The Morgan fingerprint density at radius 3 is 2.02 bits per heavy atom. The number of pyridine rings is 2. The van der Waals surface area contributed by atoms with E-state index in [-0.39, 0.29) is 20.1 Å². The van der Waals surface area contributed by atoms with E-state index in [0.717, 1.165) is 44.5 Å². The van der Waals surface area contributed by atoms with Crippen LogP contribution in [-0.2, 0) is 20.1 Å². The molecule has 0 spiro atoms. The van der Waals surface area contributed by atoms with Gasteiger partial charge in [0.05, 0.1) is 5.58 Å². The van der Waals surface area contributed by atoms with Crippen molar-refractivity contribution in [3.05, 3.63) is 117 Å². The summed E-state index contributed by atoms with van der Waals surface area (Å²) in [5.41, 5.74) is 13.2. The number of nitrogens with zero attached hydrogens (tertiary/aromatic N) is 2. The molecular formula is C37H32IrN2OS-2. The Hall–Kier alpha value is -3.63. The first-order valence-corrected chi connectivity index (χ1v) is 14.6. The van der Waals surface area contributed by atoms with Gasteiger partial charge in [0.15, 0.2) is 0 Å². The maximum absolute atomic E-state index is 6.45. The van der Waals surface area contributed by atoms with Crippen molar-refractivity contribution in [3.63, 3.8) is 0 Å². The molecule has 3 aromatic carbocycles. The first kappa shape index (κ1) is 29.8. The third kappa shape index (κ3) is 5.45. The average molecular weight is 745 g/mol. The Morgan fingerprint density at radius 1 is 0.690 bits per heavy atom. The van der Waals surface area contributed by atoms with Gasteiger partial charge in [-0.2, -0.15) is 0 Å². The van der Waals surface area contributed by atoms with Gasteiger partial charge in [-0.3, -0.25) is 0 Å². The van der Waals surface area contributed by atoms with Crippen LogP contribution in [-0.4, -0.2) is 9.97 Å². The van der Waals surface area contributed by atoms with Crippen molar-refractivity contribution in [3.8, 4) is 22.5 Å². The van der Waals surface area contributed by atoms with Gasteiger partial charge in [-0.25, -0.2) is 0 Å². The molecule has 7 aromatic rings. The summed E-state index contributed by atoms with van der Waals surface area (Å²) in [4.78, 5) is 10.4. The minimum absolute atomic E-state index is 0. The molecule has 213 valence electrons. The molecule has 0 amide bonds. The Morgan fingerprint density at radius 2 is 1.36 bits per heavy atom. The van der Waals surface area contributed by atoms with Crippen LogP contribution in [0.15, 0.2) is 71.4 Å². The molecule has 0 saturated heterocycles. The molecule has 0 aliphatic carbocycles. The monoisotopic (exact) mass is 745 g/mol. The molecule has 42 heavy (non-hydrogen) atoms. The molecule has 0 atom stereocenters. The molecule has 0 aliphatic heterocycles. The van der Waals surface area contributed by atoms with E-state index < -0.39 is 0 Å². The van der Waals surface area contributed by atoms with Crippen LogP contribution in [0, 0.1) is 60.6 Å². The number of rotatable bonds is 2. The van der Waals surface area contributed by atoms with Crippen LogP contribution >= 0.6 is 11.3 Å². The average Bonchev–Trinajstić information content (AvgIpc) is 3.49. The number of aryl methyl sites for hydroxylation is 7. The Balaban J connectivity index is 0.000000189. The molecule has 4 aromatic heterocycles. The summed E-state index contributed by atoms with van der Waals surface area (Å²) in [6, 6.07) is 25.4. The summed E-state index contributed by atoms with van der Waals surface area (Å²) in [6.45, 7) is 14.8. The fourth-order valence-corrected chi connectivity index (χ4v) is 6.10. The molecule has 0 N–H and O–H groups in total. The second-order valence-corrected chi connectivity index (χ2v) is 12.1.